The van der Waals surface area contributed by atoms with Gasteiger partial charge in [-0.25, -0.2) is 14.8 Å². The fourth-order valence-electron chi connectivity index (χ4n) is 1.47. The van der Waals surface area contributed by atoms with Crippen LogP contribution in [-0.2, 0) is 10.9 Å². The SMILES string of the molecule is CCC(CN(C)c1ncc(C(F)(F)F)cn1)OC(N)=O. The van der Waals surface area contributed by atoms with E-state index in [1.807, 2.05) is 0 Å². The van der Waals surface area contributed by atoms with Gasteiger partial charge in [-0.05, 0) is 6.42 Å². The van der Waals surface area contributed by atoms with E-state index in [-0.39, 0.29) is 12.5 Å². The Morgan fingerprint density at radius 2 is 2.00 bits per heavy atom. The lowest BCUT2D eigenvalue weighted by molar-refractivity contribution is -0.138. The molecular weight excluding hydrogens is 277 g/mol. The van der Waals surface area contributed by atoms with E-state index in [2.05, 4.69) is 9.97 Å². The third-order valence-corrected chi connectivity index (χ3v) is 2.52. The molecule has 1 amide bonds. The molecule has 6 nitrogen and oxygen atoms in total. The first-order chi connectivity index (χ1) is 9.24. The van der Waals surface area contributed by atoms with Crippen LogP contribution in [-0.4, -0.2) is 35.8 Å². The number of rotatable bonds is 5. The lowest BCUT2D eigenvalue weighted by Crippen LogP contribution is -2.34. The average molecular weight is 292 g/mol. The number of halogens is 3. The van der Waals surface area contributed by atoms with Crippen molar-refractivity contribution in [3.63, 3.8) is 0 Å². The summed E-state index contributed by atoms with van der Waals surface area (Å²) in [5.74, 6) is 0.101. The first kappa shape index (κ1) is 16.0. The Bertz CT molecular complexity index is 450. The van der Waals surface area contributed by atoms with Crippen LogP contribution >= 0.6 is 0 Å². The molecule has 20 heavy (non-hydrogen) atoms. The molecule has 1 unspecified atom stereocenters. The fourth-order valence-corrected chi connectivity index (χ4v) is 1.47. The maximum atomic E-state index is 12.4. The molecule has 1 aromatic rings. The molecule has 0 fully saturated rings. The number of carbonyl (C=O) groups is 1. The number of aromatic nitrogens is 2. The summed E-state index contributed by atoms with van der Waals surface area (Å²) in [6.45, 7) is 2.01. The molecule has 1 atom stereocenters. The van der Waals surface area contributed by atoms with Crippen LogP contribution in [0.1, 0.15) is 18.9 Å². The van der Waals surface area contributed by atoms with Crippen LogP contribution in [0.5, 0.6) is 0 Å². The van der Waals surface area contributed by atoms with Crippen LogP contribution in [0.3, 0.4) is 0 Å². The summed E-state index contributed by atoms with van der Waals surface area (Å²) in [7, 11) is 1.58. The molecular formula is C11H15F3N4O2. The van der Waals surface area contributed by atoms with Gasteiger partial charge in [0.1, 0.15) is 6.10 Å². The van der Waals surface area contributed by atoms with Gasteiger partial charge < -0.3 is 15.4 Å². The molecule has 112 valence electrons. The van der Waals surface area contributed by atoms with E-state index in [4.69, 9.17) is 10.5 Å². The Morgan fingerprint density at radius 3 is 2.40 bits per heavy atom. The Balaban J connectivity index is 2.72. The minimum absolute atomic E-state index is 0.101. The number of nitrogens with zero attached hydrogens (tertiary/aromatic N) is 3. The molecule has 0 aromatic carbocycles. The first-order valence-electron chi connectivity index (χ1n) is 5.80. The number of hydrogen-bond acceptors (Lipinski definition) is 5. The molecule has 0 bridgehead atoms. The number of carbonyl (C=O) groups excluding carboxylic acids is 1. The summed E-state index contributed by atoms with van der Waals surface area (Å²) in [5.41, 5.74) is 3.99. The first-order valence-corrected chi connectivity index (χ1v) is 5.80. The van der Waals surface area contributed by atoms with Crippen molar-refractivity contribution in [2.24, 2.45) is 5.73 Å². The van der Waals surface area contributed by atoms with Gasteiger partial charge in [0.05, 0.1) is 12.1 Å². The topological polar surface area (TPSA) is 81.3 Å². The molecule has 0 radical (unpaired) electrons. The molecule has 0 saturated carbocycles. The van der Waals surface area contributed by atoms with Crippen molar-refractivity contribution in [2.45, 2.75) is 25.6 Å². The second kappa shape index (κ2) is 6.40. The smallest absolute Gasteiger partial charge is 0.419 e. The fraction of sp³-hybridized carbons (Fsp3) is 0.545. The molecule has 1 rings (SSSR count). The van der Waals surface area contributed by atoms with Gasteiger partial charge in [0.2, 0.25) is 5.95 Å². The van der Waals surface area contributed by atoms with Crippen molar-refractivity contribution in [3.8, 4) is 0 Å². The van der Waals surface area contributed by atoms with Crippen LogP contribution in [0.25, 0.3) is 0 Å². The molecule has 1 aromatic heterocycles. The van der Waals surface area contributed by atoms with Gasteiger partial charge in [0.25, 0.3) is 0 Å². The van der Waals surface area contributed by atoms with Crippen molar-refractivity contribution in [2.75, 3.05) is 18.5 Å². The molecule has 1 heterocycles. The molecule has 9 heteroatoms. The highest BCUT2D eigenvalue weighted by Gasteiger charge is 2.31. The van der Waals surface area contributed by atoms with E-state index in [0.29, 0.717) is 18.8 Å². The predicted octanol–water partition coefficient (Wildman–Crippen LogP) is 1.81. The zero-order chi connectivity index (χ0) is 15.3. The second-order valence-electron chi connectivity index (χ2n) is 4.12. The van der Waals surface area contributed by atoms with Gasteiger partial charge in [0.15, 0.2) is 0 Å². The number of anilines is 1. The molecule has 0 saturated heterocycles. The Hall–Kier alpha value is -2.06. The van der Waals surface area contributed by atoms with Crippen LogP contribution in [0, 0.1) is 0 Å². The molecule has 0 spiro atoms. The number of amides is 1. The van der Waals surface area contributed by atoms with Gasteiger partial charge >= 0.3 is 12.3 Å². The van der Waals surface area contributed by atoms with E-state index in [0.717, 1.165) is 0 Å². The van der Waals surface area contributed by atoms with Gasteiger partial charge in [-0.1, -0.05) is 6.92 Å². The standard InChI is InChI=1S/C11H15F3N4O2/c1-3-8(20-9(15)19)6-18(2)10-16-4-7(5-17-10)11(12,13)14/h4-5,8H,3,6H2,1-2H3,(H2,15,19). The maximum Gasteiger partial charge on any atom is 0.419 e. The van der Waals surface area contributed by atoms with Crippen LogP contribution in [0.4, 0.5) is 23.9 Å². The lowest BCUT2D eigenvalue weighted by Gasteiger charge is -2.22. The summed E-state index contributed by atoms with van der Waals surface area (Å²) in [4.78, 5) is 19.4. The quantitative estimate of drug-likeness (QED) is 0.895. The van der Waals surface area contributed by atoms with Crippen LogP contribution in [0.15, 0.2) is 12.4 Å². The number of nitrogens with two attached hydrogens (primary N) is 1. The van der Waals surface area contributed by atoms with E-state index in [1.54, 1.807) is 14.0 Å². The normalized spacial score (nSPS) is 12.8. The minimum atomic E-state index is -4.47. The summed E-state index contributed by atoms with van der Waals surface area (Å²) < 4.78 is 41.9. The highest BCUT2D eigenvalue weighted by atomic mass is 19.4. The number of alkyl halides is 3. The zero-order valence-electron chi connectivity index (χ0n) is 11.0. The van der Waals surface area contributed by atoms with Gasteiger partial charge in [-0.2, -0.15) is 13.2 Å². The Kier molecular flexibility index (Phi) is 5.12. The number of hydrogen-bond donors (Lipinski definition) is 1. The molecule has 0 aliphatic heterocycles. The van der Waals surface area contributed by atoms with E-state index < -0.39 is 23.9 Å². The van der Waals surface area contributed by atoms with E-state index >= 15 is 0 Å². The Morgan fingerprint density at radius 1 is 1.45 bits per heavy atom. The number of primary amides is 1. The summed E-state index contributed by atoms with van der Waals surface area (Å²) in [6.07, 6.45) is -3.95. The van der Waals surface area contributed by atoms with Gasteiger partial charge in [-0.3, -0.25) is 0 Å². The second-order valence-corrected chi connectivity index (χ2v) is 4.12. The highest BCUT2D eigenvalue weighted by molar-refractivity contribution is 5.64. The third-order valence-electron chi connectivity index (χ3n) is 2.52. The number of ether oxygens (including phenoxy) is 1. The molecule has 0 aliphatic rings. The van der Waals surface area contributed by atoms with Crippen molar-refractivity contribution in [1.29, 1.82) is 0 Å². The van der Waals surface area contributed by atoms with Gasteiger partial charge in [-0.15, -0.1) is 0 Å². The lowest BCUT2D eigenvalue weighted by atomic mass is 10.2. The molecule has 0 aliphatic carbocycles. The average Bonchev–Trinajstić information content (AvgIpc) is 2.36. The summed E-state index contributed by atoms with van der Waals surface area (Å²) >= 11 is 0. The van der Waals surface area contributed by atoms with Gasteiger partial charge in [0, 0.05) is 19.4 Å². The van der Waals surface area contributed by atoms with Crippen molar-refractivity contribution >= 4 is 12.0 Å². The minimum Gasteiger partial charge on any atom is -0.445 e. The van der Waals surface area contributed by atoms with Crippen LogP contribution in [0.2, 0.25) is 0 Å². The largest absolute Gasteiger partial charge is 0.445 e. The number of likely N-dealkylation sites (N-methyl/N-ethyl adjacent to an activating group) is 1. The highest BCUT2D eigenvalue weighted by Crippen LogP contribution is 2.28. The monoisotopic (exact) mass is 292 g/mol. The molecule has 2 N–H and O–H groups in total. The van der Waals surface area contributed by atoms with Crippen molar-refractivity contribution in [3.05, 3.63) is 18.0 Å². The van der Waals surface area contributed by atoms with Crippen molar-refractivity contribution < 1.29 is 22.7 Å². The van der Waals surface area contributed by atoms with E-state index in [1.165, 1.54) is 4.90 Å². The predicted molar refractivity (Wildman–Crippen MR) is 65.1 cm³/mol. The third kappa shape index (κ3) is 4.56. The maximum absolute atomic E-state index is 12.4. The van der Waals surface area contributed by atoms with Crippen molar-refractivity contribution in [1.82, 2.24) is 9.97 Å². The Labute approximate surface area is 113 Å². The van der Waals surface area contributed by atoms with E-state index in [9.17, 15) is 18.0 Å². The summed E-state index contributed by atoms with van der Waals surface area (Å²) in [6, 6.07) is 0. The van der Waals surface area contributed by atoms with Crippen LogP contribution < -0.4 is 10.6 Å². The zero-order valence-corrected chi connectivity index (χ0v) is 11.0. The summed E-state index contributed by atoms with van der Waals surface area (Å²) in [5, 5.41) is 0.